The predicted molar refractivity (Wildman–Crippen MR) is 122 cm³/mol. The van der Waals surface area contributed by atoms with E-state index < -0.39 is 0 Å². The molecule has 0 bridgehead atoms. The van der Waals surface area contributed by atoms with Crippen molar-refractivity contribution in [1.29, 1.82) is 5.39 Å². The highest BCUT2D eigenvalue weighted by atomic mass is 16.5. The third kappa shape index (κ3) is 5.18. The zero-order valence-corrected chi connectivity index (χ0v) is 18.6. The van der Waals surface area contributed by atoms with Crippen LogP contribution in [0.1, 0.15) is 52.7 Å². The quantitative estimate of drug-likeness (QED) is 0.413. The van der Waals surface area contributed by atoms with Gasteiger partial charge in [-0.05, 0) is 52.3 Å². The largest absolute Gasteiger partial charge is 0.457 e. The lowest BCUT2D eigenvalue weighted by Gasteiger charge is -2.19. The van der Waals surface area contributed by atoms with Gasteiger partial charge in [0.15, 0.2) is 4.98 Å². The minimum Gasteiger partial charge on any atom is -0.457 e. The molecule has 3 aromatic rings. The van der Waals surface area contributed by atoms with Gasteiger partial charge in [0.05, 0.1) is 0 Å². The summed E-state index contributed by atoms with van der Waals surface area (Å²) in [4.78, 5) is 3.33. The van der Waals surface area contributed by atoms with Gasteiger partial charge >= 0.3 is 5.69 Å². The second-order valence-corrected chi connectivity index (χ2v) is 9.48. The second kappa shape index (κ2) is 8.20. The average molecular weight is 402 g/mol. The van der Waals surface area contributed by atoms with E-state index in [1.807, 2.05) is 36.4 Å². The maximum atomic E-state index is 9.34. The molecule has 0 unspecified atom stereocenters. The van der Waals surface area contributed by atoms with Crippen molar-refractivity contribution in [1.82, 2.24) is 0 Å². The molecule has 0 spiro atoms. The summed E-state index contributed by atoms with van der Waals surface area (Å²) >= 11 is 0. The van der Waals surface area contributed by atoms with Gasteiger partial charge in [0, 0.05) is 12.1 Å². The molecule has 0 fully saturated rings. The summed E-state index contributed by atoms with van der Waals surface area (Å²) in [6.07, 6.45) is 0. The highest BCUT2D eigenvalue weighted by Gasteiger charge is 2.19. The van der Waals surface area contributed by atoms with Crippen molar-refractivity contribution in [3.05, 3.63) is 82.8 Å². The van der Waals surface area contributed by atoms with Crippen molar-refractivity contribution in [2.24, 2.45) is 0 Å². The second-order valence-electron chi connectivity index (χ2n) is 9.48. The Morgan fingerprint density at radius 1 is 0.600 bits per heavy atom. The molecule has 0 aliphatic rings. The van der Waals surface area contributed by atoms with Crippen molar-refractivity contribution >= 4 is 5.69 Å². The molecule has 154 valence electrons. The maximum absolute atomic E-state index is 9.34. The first-order chi connectivity index (χ1) is 14.1. The van der Waals surface area contributed by atoms with Gasteiger partial charge < -0.3 is 9.47 Å². The van der Waals surface area contributed by atoms with Crippen molar-refractivity contribution in [2.45, 2.75) is 52.4 Å². The first kappa shape index (κ1) is 21.4. The molecule has 0 amide bonds. The number of nitrogens with zero attached hydrogens (tertiary/aromatic N) is 2. The van der Waals surface area contributed by atoms with Gasteiger partial charge in [0.2, 0.25) is 11.1 Å². The standard InChI is InChI=1S/C26H29N2O2/c1-25(2,3)18-7-11-20(12-8-18)29-22-15-16-23(28-27)24(17-22)30-21-13-9-19(10-14-21)26(4,5)6/h7-17H,1-6H3/q+1. The van der Waals surface area contributed by atoms with Crippen LogP contribution in [0.4, 0.5) is 5.69 Å². The minimum absolute atomic E-state index is 0.0699. The number of benzene rings is 3. The highest BCUT2D eigenvalue weighted by Crippen LogP contribution is 2.37. The molecule has 0 heterocycles. The molecular formula is C26H29N2O2+. The first-order valence-corrected chi connectivity index (χ1v) is 10.1. The van der Waals surface area contributed by atoms with Crippen molar-refractivity contribution < 1.29 is 9.47 Å². The number of rotatable bonds is 4. The Balaban J connectivity index is 1.81. The molecule has 3 rings (SSSR count). The number of ether oxygens (including phenoxy) is 2. The normalized spacial score (nSPS) is 11.6. The summed E-state index contributed by atoms with van der Waals surface area (Å²) in [5.74, 6) is 2.42. The molecule has 0 aliphatic heterocycles. The smallest absolute Gasteiger partial charge is 0.427 e. The van der Waals surface area contributed by atoms with Gasteiger partial charge in [0.1, 0.15) is 17.2 Å². The van der Waals surface area contributed by atoms with E-state index in [-0.39, 0.29) is 10.8 Å². The van der Waals surface area contributed by atoms with Crippen molar-refractivity contribution in [2.75, 3.05) is 0 Å². The van der Waals surface area contributed by atoms with Crippen LogP contribution in [0.25, 0.3) is 4.98 Å². The monoisotopic (exact) mass is 401 g/mol. The molecule has 0 aromatic heterocycles. The molecule has 3 aromatic carbocycles. The van der Waals surface area contributed by atoms with Crippen LogP contribution < -0.4 is 9.47 Å². The Morgan fingerprint density at radius 2 is 1.03 bits per heavy atom. The summed E-state index contributed by atoms with van der Waals surface area (Å²) in [5.41, 5.74) is 2.96. The SMILES string of the molecule is CC(C)(C)c1ccc(Oc2ccc([N+]#N)c(Oc3ccc(C(C)(C)C)cc3)c2)cc1. The molecule has 30 heavy (non-hydrogen) atoms. The lowest BCUT2D eigenvalue weighted by atomic mass is 9.87. The van der Waals surface area contributed by atoms with Crippen LogP contribution in [0.3, 0.4) is 0 Å². The van der Waals surface area contributed by atoms with Crippen LogP contribution in [0, 0.1) is 5.39 Å². The lowest BCUT2D eigenvalue weighted by molar-refractivity contribution is 0.461. The third-order valence-electron chi connectivity index (χ3n) is 4.94. The number of diazo groups is 1. The number of hydrogen-bond donors (Lipinski definition) is 0. The van der Waals surface area contributed by atoms with Crippen molar-refractivity contribution in [3.8, 4) is 23.0 Å². The van der Waals surface area contributed by atoms with E-state index in [4.69, 9.17) is 9.47 Å². The Kier molecular flexibility index (Phi) is 5.85. The topological polar surface area (TPSA) is 46.6 Å². The third-order valence-corrected chi connectivity index (χ3v) is 4.94. The van der Waals surface area contributed by atoms with Crippen LogP contribution in [-0.2, 0) is 10.8 Å². The van der Waals surface area contributed by atoms with Gasteiger partial charge in [-0.15, -0.1) is 0 Å². The minimum atomic E-state index is 0.0699. The van der Waals surface area contributed by atoms with Gasteiger partial charge in [-0.3, -0.25) is 0 Å². The fourth-order valence-corrected chi connectivity index (χ4v) is 3.03. The van der Waals surface area contributed by atoms with Crippen LogP contribution in [0.15, 0.2) is 66.7 Å². The molecule has 0 N–H and O–H groups in total. The Hall–Kier alpha value is -3.32. The predicted octanol–water partition coefficient (Wildman–Crippen LogP) is 8.35. The van der Waals surface area contributed by atoms with E-state index in [0.29, 0.717) is 22.9 Å². The maximum Gasteiger partial charge on any atom is 0.427 e. The van der Waals surface area contributed by atoms with Crippen LogP contribution in [-0.4, -0.2) is 0 Å². The molecule has 4 nitrogen and oxygen atoms in total. The van der Waals surface area contributed by atoms with E-state index in [9.17, 15) is 5.39 Å². The average Bonchev–Trinajstić information content (AvgIpc) is 2.68. The van der Waals surface area contributed by atoms with Gasteiger partial charge in [-0.25, -0.2) is 0 Å². The van der Waals surface area contributed by atoms with E-state index >= 15 is 0 Å². The Morgan fingerprint density at radius 3 is 1.47 bits per heavy atom. The zero-order valence-electron chi connectivity index (χ0n) is 18.6. The van der Waals surface area contributed by atoms with E-state index in [1.165, 1.54) is 11.1 Å². The van der Waals surface area contributed by atoms with Crippen molar-refractivity contribution in [3.63, 3.8) is 0 Å². The van der Waals surface area contributed by atoms with Crippen LogP contribution in [0.2, 0.25) is 0 Å². The first-order valence-electron chi connectivity index (χ1n) is 10.1. The summed E-state index contributed by atoms with van der Waals surface area (Å²) < 4.78 is 12.0. The molecule has 0 saturated carbocycles. The molecule has 4 heteroatoms. The van der Waals surface area contributed by atoms with Gasteiger partial charge in [-0.1, -0.05) is 65.8 Å². The fraction of sp³-hybridized carbons (Fsp3) is 0.308. The molecule has 0 atom stereocenters. The summed E-state index contributed by atoms with van der Waals surface area (Å²) in [6, 6.07) is 21.1. The summed E-state index contributed by atoms with van der Waals surface area (Å²) in [6.45, 7) is 13.0. The highest BCUT2D eigenvalue weighted by molar-refractivity contribution is 5.61. The Bertz CT molecular complexity index is 1050. The zero-order chi connectivity index (χ0) is 21.9. The summed E-state index contributed by atoms with van der Waals surface area (Å²) in [7, 11) is 0. The van der Waals surface area contributed by atoms with Crippen LogP contribution >= 0.6 is 0 Å². The lowest BCUT2D eigenvalue weighted by Crippen LogP contribution is -2.10. The summed E-state index contributed by atoms with van der Waals surface area (Å²) in [5, 5.41) is 9.34. The Labute approximate surface area is 179 Å². The molecule has 0 aliphatic carbocycles. The fourth-order valence-electron chi connectivity index (χ4n) is 3.03. The number of hydrogen-bond acceptors (Lipinski definition) is 3. The molecular weight excluding hydrogens is 372 g/mol. The van der Waals surface area contributed by atoms with E-state index in [2.05, 4.69) is 58.7 Å². The molecule has 0 saturated heterocycles. The van der Waals surface area contributed by atoms with Gasteiger partial charge in [-0.2, -0.15) is 0 Å². The van der Waals surface area contributed by atoms with E-state index in [1.54, 1.807) is 18.2 Å². The van der Waals surface area contributed by atoms with E-state index in [0.717, 1.165) is 5.75 Å². The van der Waals surface area contributed by atoms with Gasteiger partial charge in [0.25, 0.3) is 0 Å². The van der Waals surface area contributed by atoms with Crippen LogP contribution in [0.5, 0.6) is 23.0 Å². The molecule has 0 radical (unpaired) electrons.